The molecule has 0 spiro atoms. The molecule has 0 saturated carbocycles. The minimum absolute atomic E-state index is 0. The summed E-state index contributed by atoms with van der Waals surface area (Å²) in [5.74, 6) is 0. The van der Waals surface area contributed by atoms with Gasteiger partial charge in [0.25, 0.3) is 0 Å². The van der Waals surface area contributed by atoms with Crippen LogP contribution >= 0.6 is 0 Å². The molecular weight excluding hydrogens is 201 g/mol. The van der Waals surface area contributed by atoms with Crippen LogP contribution in [-0.2, 0) is 37.5 Å². The molecule has 1 rings (SSSR count). The second-order valence-electron chi connectivity index (χ2n) is 1.97. The normalized spacial score (nSPS) is 8.10. The van der Waals surface area contributed by atoms with Gasteiger partial charge in [-0.05, 0) is 6.92 Å². The van der Waals surface area contributed by atoms with Crippen LogP contribution in [-0.4, -0.2) is 6.29 Å². The van der Waals surface area contributed by atoms with Crippen LogP contribution in [0.1, 0.15) is 11.1 Å². The summed E-state index contributed by atoms with van der Waals surface area (Å²) in [5, 5.41) is 0. The van der Waals surface area contributed by atoms with Crippen molar-refractivity contribution in [3.63, 3.8) is 0 Å². The van der Waals surface area contributed by atoms with E-state index in [0.717, 1.165) is 5.56 Å². The predicted octanol–water partition coefficient (Wildman–Crippen LogP) is 1.45. The summed E-state index contributed by atoms with van der Waals surface area (Å²) in [6.45, 7) is 1.98. The van der Waals surface area contributed by atoms with E-state index in [1.54, 1.807) is 18.4 Å². The summed E-state index contributed by atoms with van der Waals surface area (Å²) in [4.78, 5) is 9.99. The second kappa shape index (κ2) is 4.76. The van der Waals surface area contributed by atoms with Gasteiger partial charge in [0.05, 0.1) is 6.29 Å². The number of carbonyl (C=O) groups excluding carboxylic acids is 1. The Balaban J connectivity index is 0.000000810. The Morgan fingerprint density at radius 1 is 1.20 bits per heavy atom. The maximum absolute atomic E-state index is 9.99. The first-order valence-electron chi connectivity index (χ1n) is 2.78. The van der Waals surface area contributed by atoms with Crippen LogP contribution < -0.4 is 0 Å². The third-order valence-electron chi connectivity index (χ3n) is 1.17. The van der Waals surface area contributed by atoms with Gasteiger partial charge in [0.15, 0.2) is 0 Å². The minimum atomic E-state index is 0. The fraction of sp³-hybridized carbons (Fsp3) is 0.125. The molecule has 49 valence electrons. The van der Waals surface area contributed by atoms with Crippen molar-refractivity contribution < 1.29 is 37.5 Å². The zero-order chi connectivity index (χ0) is 6.69. The van der Waals surface area contributed by atoms with Gasteiger partial charge in [0, 0.05) is 32.7 Å². The van der Waals surface area contributed by atoms with Crippen LogP contribution in [0, 0.1) is 6.92 Å². The molecular formula is C8H7OY-. The van der Waals surface area contributed by atoms with Gasteiger partial charge in [-0.25, -0.2) is 0 Å². The zero-order valence-electron chi connectivity index (χ0n) is 5.79. The van der Waals surface area contributed by atoms with Gasteiger partial charge in [0.2, 0.25) is 0 Å². The average Bonchev–Trinajstić information content (AvgIpc) is 1.90. The van der Waals surface area contributed by atoms with Crippen LogP contribution in [0.2, 0.25) is 0 Å². The van der Waals surface area contributed by atoms with Crippen molar-refractivity contribution in [3.05, 3.63) is 35.4 Å². The van der Waals surface area contributed by atoms with E-state index < -0.39 is 0 Å². The summed E-state index contributed by atoms with van der Waals surface area (Å²) < 4.78 is 0. The van der Waals surface area contributed by atoms with Crippen LogP contribution in [0.25, 0.3) is 0 Å². The molecule has 1 aromatic rings. The third-order valence-corrected chi connectivity index (χ3v) is 1.17. The van der Waals surface area contributed by atoms with Crippen LogP contribution in [0.3, 0.4) is 0 Å². The molecule has 0 aromatic heterocycles. The maximum atomic E-state index is 9.99. The van der Waals surface area contributed by atoms with Crippen molar-refractivity contribution in [2.24, 2.45) is 0 Å². The Labute approximate surface area is 85.7 Å². The molecule has 0 saturated heterocycles. The number of rotatable bonds is 1. The Morgan fingerprint density at radius 2 is 1.70 bits per heavy atom. The second-order valence-corrected chi connectivity index (χ2v) is 1.97. The Hall–Kier alpha value is -0.00610. The number of aryl methyl sites for hydroxylation is 1. The van der Waals surface area contributed by atoms with Gasteiger partial charge in [-0.1, -0.05) is 5.56 Å². The third kappa shape index (κ3) is 2.72. The van der Waals surface area contributed by atoms with E-state index in [4.69, 9.17) is 0 Å². The summed E-state index contributed by atoms with van der Waals surface area (Å²) in [6.07, 6.45) is 1.80. The molecule has 1 radical (unpaired) electrons. The summed E-state index contributed by atoms with van der Waals surface area (Å²) >= 11 is 0. The monoisotopic (exact) mass is 208 g/mol. The van der Waals surface area contributed by atoms with Crippen molar-refractivity contribution in [3.8, 4) is 0 Å². The predicted molar refractivity (Wildman–Crippen MR) is 36.0 cm³/mol. The summed E-state index contributed by atoms with van der Waals surface area (Å²) in [5.41, 5.74) is 1.77. The molecule has 0 heterocycles. The molecule has 2 heteroatoms. The van der Waals surface area contributed by atoms with E-state index in [9.17, 15) is 4.79 Å². The largest absolute Gasteiger partial charge is 0.376 e. The average molecular weight is 208 g/mol. The van der Waals surface area contributed by atoms with Crippen molar-refractivity contribution in [1.29, 1.82) is 0 Å². The Bertz CT molecular complexity index is 203. The van der Waals surface area contributed by atoms with Crippen LogP contribution in [0.5, 0.6) is 0 Å². The minimum Gasteiger partial charge on any atom is -0.376 e. The Kier molecular flexibility index (Phi) is 4.75. The fourth-order valence-electron chi connectivity index (χ4n) is 0.622. The molecule has 1 aromatic carbocycles. The molecule has 1 nitrogen and oxygen atoms in total. The van der Waals surface area contributed by atoms with Crippen molar-refractivity contribution in [2.45, 2.75) is 6.92 Å². The molecule has 0 amide bonds. The number of hydrogen-bond acceptors (Lipinski definition) is 1. The molecule has 0 aliphatic carbocycles. The maximum Gasteiger partial charge on any atom is 0.0627 e. The van der Waals surface area contributed by atoms with E-state index >= 15 is 0 Å². The smallest absolute Gasteiger partial charge is 0.0627 e. The molecule has 0 unspecified atom stereocenters. The van der Waals surface area contributed by atoms with E-state index in [0.29, 0.717) is 5.56 Å². The van der Waals surface area contributed by atoms with Crippen LogP contribution in [0.4, 0.5) is 0 Å². The summed E-state index contributed by atoms with van der Waals surface area (Å²) in [7, 11) is 0. The van der Waals surface area contributed by atoms with E-state index in [2.05, 4.69) is 0 Å². The standard InChI is InChI=1S/C8H7O.Y/c1-7-2-4-8(6-9)5-3-7;/h2-5H,1H3;/q-1;. The van der Waals surface area contributed by atoms with Gasteiger partial charge >= 0.3 is 0 Å². The first kappa shape index (κ1) is 9.99. The molecule has 0 aliphatic rings. The van der Waals surface area contributed by atoms with Gasteiger partial charge in [-0.2, -0.15) is 17.7 Å². The summed E-state index contributed by atoms with van der Waals surface area (Å²) in [6, 6.07) is 7.28. The van der Waals surface area contributed by atoms with Crippen LogP contribution in [0.15, 0.2) is 24.3 Å². The first-order valence-corrected chi connectivity index (χ1v) is 2.78. The zero-order valence-corrected chi connectivity index (χ0v) is 8.63. The Morgan fingerprint density at radius 3 is 2.10 bits per heavy atom. The molecule has 0 aliphatic heterocycles. The van der Waals surface area contributed by atoms with Crippen molar-refractivity contribution in [2.75, 3.05) is 0 Å². The quantitative estimate of drug-likeness (QED) is 0.638. The van der Waals surface area contributed by atoms with Crippen molar-refractivity contribution >= 4 is 6.29 Å². The van der Waals surface area contributed by atoms with E-state index in [1.165, 1.54) is 0 Å². The van der Waals surface area contributed by atoms with Crippen molar-refractivity contribution in [1.82, 2.24) is 0 Å². The molecule has 0 atom stereocenters. The van der Waals surface area contributed by atoms with E-state index in [1.807, 2.05) is 19.1 Å². The molecule has 0 bridgehead atoms. The molecule has 0 fully saturated rings. The number of benzene rings is 1. The topological polar surface area (TPSA) is 17.1 Å². The fourth-order valence-corrected chi connectivity index (χ4v) is 0.622. The van der Waals surface area contributed by atoms with E-state index in [-0.39, 0.29) is 32.7 Å². The number of hydrogen-bond donors (Lipinski definition) is 0. The van der Waals surface area contributed by atoms with Gasteiger partial charge in [-0.15, -0.1) is 12.1 Å². The molecule has 10 heavy (non-hydrogen) atoms. The first-order chi connectivity index (χ1) is 4.33. The van der Waals surface area contributed by atoms with Gasteiger partial charge < -0.3 is 4.79 Å². The van der Waals surface area contributed by atoms with Gasteiger partial charge in [-0.3, -0.25) is 0 Å². The SMILES string of the molecule is Cc1ccc([C-]=O)cc1.[Y]. The molecule has 0 N–H and O–H groups in total. The van der Waals surface area contributed by atoms with Gasteiger partial charge in [0.1, 0.15) is 0 Å².